The molecule has 0 aliphatic rings. The molecule has 0 radical (unpaired) electrons. The summed E-state index contributed by atoms with van der Waals surface area (Å²) in [5.74, 6) is 0. The molecule has 0 saturated heterocycles. The maximum atomic E-state index is 7.62. The van der Waals surface area contributed by atoms with Gasteiger partial charge in [-0.25, -0.2) is 0 Å². The summed E-state index contributed by atoms with van der Waals surface area (Å²) in [5, 5.41) is 16.5. The third-order valence-electron chi connectivity index (χ3n) is 1.56. The highest BCUT2D eigenvalue weighted by Gasteiger charge is 1.86. The van der Waals surface area contributed by atoms with Crippen molar-refractivity contribution in [2.75, 3.05) is 13.2 Å². The second kappa shape index (κ2) is 5.35. The van der Waals surface area contributed by atoms with Crippen LogP contribution in [0.5, 0.6) is 0 Å². The van der Waals surface area contributed by atoms with Gasteiger partial charge in [0.25, 0.3) is 0 Å². The average Bonchev–Trinajstić information content (AvgIpc) is 2.66. The molecule has 0 unspecified atom stereocenters. The number of benzene rings is 1. The van der Waals surface area contributed by atoms with Crippen LogP contribution in [0.3, 0.4) is 0 Å². The molecule has 70 valence electrons. The molecular formula is C10H13NO2. The smallest absolute Gasteiger partial charge is 0.0662 e. The van der Waals surface area contributed by atoms with E-state index in [0.29, 0.717) is 0 Å². The lowest BCUT2D eigenvalue weighted by molar-refractivity contribution is 0.186. The Hall–Kier alpha value is -1.32. The largest absolute Gasteiger partial charge is 0.394 e. The Kier molecular flexibility index (Phi) is 4.02. The zero-order valence-electron chi connectivity index (χ0n) is 7.27. The van der Waals surface area contributed by atoms with Crippen molar-refractivity contribution >= 4 is 10.9 Å². The van der Waals surface area contributed by atoms with E-state index in [1.54, 1.807) is 0 Å². The molecule has 0 saturated carbocycles. The predicted molar refractivity (Wildman–Crippen MR) is 52.5 cm³/mol. The van der Waals surface area contributed by atoms with Crippen LogP contribution in [0, 0.1) is 0 Å². The summed E-state index contributed by atoms with van der Waals surface area (Å²) >= 11 is 0. The molecule has 0 aliphatic heterocycles. The Bertz CT molecular complexity index is 311. The van der Waals surface area contributed by atoms with Gasteiger partial charge in [-0.15, -0.1) is 0 Å². The minimum absolute atomic E-state index is 0.125. The maximum Gasteiger partial charge on any atom is 0.0662 e. The number of aromatic amines is 1. The molecule has 3 nitrogen and oxygen atoms in total. The van der Waals surface area contributed by atoms with E-state index in [1.807, 2.05) is 18.3 Å². The van der Waals surface area contributed by atoms with Gasteiger partial charge in [-0.2, -0.15) is 0 Å². The first-order valence-corrected chi connectivity index (χ1v) is 4.12. The van der Waals surface area contributed by atoms with Crippen molar-refractivity contribution in [3.63, 3.8) is 0 Å². The summed E-state index contributed by atoms with van der Waals surface area (Å²) in [6.45, 7) is -0.250. The number of rotatable bonds is 1. The van der Waals surface area contributed by atoms with E-state index in [4.69, 9.17) is 10.2 Å². The number of fused-ring (bicyclic) bond motifs is 1. The van der Waals surface area contributed by atoms with E-state index in [1.165, 1.54) is 10.9 Å². The van der Waals surface area contributed by atoms with Crippen molar-refractivity contribution < 1.29 is 10.2 Å². The number of aliphatic hydroxyl groups excluding tert-OH is 2. The zero-order chi connectivity index (χ0) is 9.52. The fourth-order valence-electron chi connectivity index (χ4n) is 0.995. The van der Waals surface area contributed by atoms with Gasteiger partial charge >= 0.3 is 0 Å². The quantitative estimate of drug-likeness (QED) is 0.614. The number of nitrogens with one attached hydrogen (secondary N) is 1. The van der Waals surface area contributed by atoms with Crippen LogP contribution in [0.4, 0.5) is 0 Å². The Morgan fingerprint density at radius 2 is 1.69 bits per heavy atom. The molecule has 1 aromatic carbocycles. The molecule has 1 aromatic heterocycles. The van der Waals surface area contributed by atoms with E-state index >= 15 is 0 Å². The first kappa shape index (κ1) is 9.77. The number of aromatic nitrogens is 1. The Morgan fingerprint density at radius 1 is 1.00 bits per heavy atom. The lowest BCUT2D eigenvalue weighted by Gasteiger charge is -1.83. The van der Waals surface area contributed by atoms with Gasteiger partial charge in [0, 0.05) is 11.7 Å². The number of aliphatic hydroxyl groups is 2. The van der Waals surface area contributed by atoms with E-state index in [2.05, 4.69) is 23.2 Å². The van der Waals surface area contributed by atoms with Crippen molar-refractivity contribution in [1.82, 2.24) is 4.98 Å². The van der Waals surface area contributed by atoms with Crippen molar-refractivity contribution in [2.24, 2.45) is 0 Å². The minimum Gasteiger partial charge on any atom is -0.394 e. The second-order valence-corrected chi connectivity index (χ2v) is 2.51. The minimum atomic E-state index is -0.125. The van der Waals surface area contributed by atoms with Crippen molar-refractivity contribution in [3.8, 4) is 0 Å². The van der Waals surface area contributed by atoms with E-state index in [9.17, 15) is 0 Å². The highest BCUT2D eigenvalue weighted by molar-refractivity contribution is 5.78. The first-order chi connectivity index (χ1) is 6.38. The molecule has 3 heteroatoms. The summed E-state index contributed by atoms with van der Waals surface area (Å²) in [5.41, 5.74) is 1.21. The van der Waals surface area contributed by atoms with Gasteiger partial charge in [-0.3, -0.25) is 0 Å². The molecule has 13 heavy (non-hydrogen) atoms. The normalized spacial score (nSPS) is 9.38. The summed E-state index contributed by atoms with van der Waals surface area (Å²) < 4.78 is 0. The number of para-hydroxylation sites is 1. The Labute approximate surface area is 76.6 Å². The topological polar surface area (TPSA) is 56.2 Å². The van der Waals surface area contributed by atoms with Crippen LogP contribution >= 0.6 is 0 Å². The lowest BCUT2D eigenvalue weighted by Crippen LogP contribution is -1.85. The van der Waals surface area contributed by atoms with Crippen LogP contribution in [0.1, 0.15) is 0 Å². The van der Waals surface area contributed by atoms with E-state index in [0.717, 1.165) is 0 Å². The van der Waals surface area contributed by atoms with Crippen molar-refractivity contribution in [2.45, 2.75) is 0 Å². The van der Waals surface area contributed by atoms with Gasteiger partial charge in [0.05, 0.1) is 13.2 Å². The molecular weight excluding hydrogens is 166 g/mol. The van der Waals surface area contributed by atoms with Gasteiger partial charge in [0.1, 0.15) is 0 Å². The summed E-state index contributed by atoms with van der Waals surface area (Å²) in [6.07, 6.45) is 1.95. The summed E-state index contributed by atoms with van der Waals surface area (Å²) in [4.78, 5) is 3.12. The fraction of sp³-hybridized carbons (Fsp3) is 0.200. The third-order valence-corrected chi connectivity index (χ3v) is 1.56. The number of H-pyrrole nitrogens is 1. The maximum absolute atomic E-state index is 7.62. The Morgan fingerprint density at radius 3 is 2.31 bits per heavy atom. The predicted octanol–water partition coefficient (Wildman–Crippen LogP) is 1.14. The van der Waals surface area contributed by atoms with Crippen LogP contribution < -0.4 is 0 Å². The SMILES string of the molecule is OCCO.c1ccc2[nH]ccc2c1. The lowest BCUT2D eigenvalue weighted by atomic mass is 10.3. The van der Waals surface area contributed by atoms with E-state index < -0.39 is 0 Å². The van der Waals surface area contributed by atoms with Crippen LogP contribution in [0.25, 0.3) is 10.9 Å². The average molecular weight is 179 g/mol. The molecule has 0 bridgehead atoms. The van der Waals surface area contributed by atoms with Crippen LogP contribution in [-0.2, 0) is 0 Å². The molecule has 2 rings (SSSR count). The van der Waals surface area contributed by atoms with Crippen LogP contribution in [0.15, 0.2) is 36.5 Å². The van der Waals surface area contributed by atoms with E-state index in [-0.39, 0.29) is 13.2 Å². The van der Waals surface area contributed by atoms with Crippen LogP contribution in [0.2, 0.25) is 0 Å². The van der Waals surface area contributed by atoms with Crippen LogP contribution in [-0.4, -0.2) is 28.4 Å². The number of hydrogen-bond acceptors (Lipinski definition) is 2. The van der Waals surface area contributed by atoms with Gasteiger partial charge in [-0.05, 0) is 17.5 Å². The summed E-state index contributed by atoms with van der Waals surface area (Å²) in [7, 11) is 0. The summed E-state index contributed by atoms with van der Waals surface area (Å²) in [6, 6.07) is 10.3. The van der Waals surface area contributed by atoms with Gasteiger partial charge in [0.2, 0.25) is 0 Å². The highest BCUT2D eigenvalue weighted by Crippen LogP contribution is 2.09. The van der Waals surface area contributed by atoms with Crippen molar-refractivity contribution in [1.29, 1.82) is 0 Å². The molecule has 1 heterocycles. The second-order valence-electron chi connectivity index (χ2n) is 2.51. The Balaban J connectivity index is 0.000000184. The van der Waals surface area contributed by atoms with Gasteiger partial charge in [0.15, 0.2) is 0 Å². The highest BCUT2D eigenvalue weighted by atomic mass is 16.3. The number of hydrogen-bond donors (Lipinski definition) is 3. The fourth-order valence-corrected chi connectivity index (χ4v) is 0.995. The van der Waals surface area contributed by atoms with Crippen molar-refractivity contribution in [3.05, 3.63) is 36.5 Å². The molecule has 0 fully saturated rings. The third kappa shape index (κ3) is 2.89. The standard InChI is InChI=1S/C8H7N.C2H6O2/c1-2-4-8-7(3-1)5-6-9-8;3-1-2-4/h1-6,9H;3-4H,1-2H2. The first-order valence-electron chi connectivity index (χ1n) is 4.12. The monoisotopic (exact) mass is 179 g/mol. The molecule has 0 atom stereocenters. The molecule has 0 aliphatic carbocycles. The van der Waals surface area contributed by atoms with Gasteiger partial charge < -0.3 is 15.2 Å². The molecule has 2 aromatic rings. The molecule has 0 spiro atoms. The zero-order valence-corrected chi connectivity index (χ0v) is 7.27. The molecule has 3 N–H and O–H groups in total. The van der Waals surface area contributed by atoms with Gasteiger partial charge in [-0.1, -0.05) is 18.2 Å². The molecule has 0 amide bonds.